The summed E-state index contributed by atoms with van der Waals surface area (Å²) in [5, 5.41) is 6.67. The zero-order valence-electron chi connectivity index (χ0n) is 8.38. The molecule has 1 amide bonds. The first-order valence-corrected chi connectivity index (χ1v) is 5.42. The highest BCUT2D eigenvalue weighted by molar-refractivity contribution is 9.10. The van der Waals surface area contributed by atoms with E-state index in [9.17, 15) is 4.79 Å². The minimum Gasteiger partial charge on any atom is -0.300 e. The number of hydrogen-bond acceptors (Lipinski definition) is 2. The van der Waals surface area contributed by atoms with Crippen LogP contribution in [0.3, 0.4) is 0 Å². The van der Waals surface area contributed by atoms with Crippen molar-refractivity contribution in [2.24, 2.45) is 0 Å². The van der Waals surface area contributed by atoms with Gasteiger partial charge in [0.15, 0.2) is 0 Å². The first-order chi connectivity index (χ1) is 6.65. The van der Waals surface area contributed by atoms with E-state index >= 15 is 0 Å². The van der Waals surface area contributed by atoms with E-state index < -0.39 is 0 Å². The van der Waals surface area contributed by atoms with Gasteiger partial charge in [0.1, 0.15) is 10.4 Å². The van der Waals surface area contributed by atoms with Gasteiger partial charge in [-0.25, -0.2) is 0 Å². The van der Waals surface area contributed by atoms with Crippen LogP contribution in [0.5, 0.6) is 0 Å². The molecule has 0 saturated heterocycles. The molecule has 0 spiro atoms. The van der Waals surface area contributed by atoms with Gasteiger partial charge < -0.3 is 4.90 Å². The third-order valence-corrected chi connectivity index (χ3v) is 2.42. The van der Waals surface area contributed by atoms with Crippen molar-refractivity contribution in [3.8, 4) is 0 Å². The van der Waals surface area contributed by atoms with Crippen LogP contribution in [-0.4, -0.2) is 23.2 Å². The highest BCUT2D eigenvalue weighted by Crippen LogP contribution is 2.15. The predicted octanol–water partition coefficient (Wildman–Crippen LogP) is 2.33. The summed E-state index contributed by atoms with van der Waals surface area (Å²) in [7, 11) is 1.75. The normalized spacial score (nSPS) is 10.2. The number of halogens is 1. The molecule has 1 heterocycles. The largest absolute Gasteiger partial charge is 0.300 e. The van der Waals surface area contributed by atoms with Gasteiger partial charge in [0.25, 0.3) is 0 Å². The average molecular weight is 260 g/mol. The molecule has 0 aliphatic rings. The molecule has 5 heteroatoms. The van der Waals surface area contributed by atoms with Gasteiger partial charge in [0.2, 0.25) is 5.91 Å². The van der Waals surface area contributed by atoms with Gasteiger partial charge in [0, 0.05) is 19.5 Å². The molecule has 0 bridgehead atoms. The average Bonchev–Trinajstić information content (AvgIpc) is 2.60. The van der Waals surface area contributed by atoms with E-state index in [4.69, 9.17) is 0 Å². The van der Waals surface area contributed by atoms with Crippen LogP contribution in [0.15, 0.2) is 10.7 Å². The Kier molecular flexibility index (Phi) is 4.13. The topological polar surface area (TPSA) is 49.0 Å². The third kappa shape index (κ3) is 2.83. The first kappa shape index (κ1) is 11.2. The van der Waals surface area contributed by atoms with Crippen LogP contribution in [0.1, 0.15) is 26.2 Å². The zero-order valence-corrected chi connectivity index (χ0v) is 9.97. The highest BCUT2D eigenvalue weighted by Gasteiger charge is 2.11. The van der Waals surface area contributed by atoms with E-state index in [1.807, 2.05) is 0 Å². The Morgan fingerprint density at radius 2 is 2.43 bits per heavy atom. The molecule has 14 heavy (non-hydrogen) atoms. The third-order valence-electron chi connectivity index (χ3n) is 2.01. The molecule has 1 aromatic heterocycles. The van der Waals surface area contributed by atoms with Crippen molar-refractivity contribution in [2.45, 2.75) is 26.2 Å². The molecule has 0 aliphatic carbocycles. The molecule has 78 valence electrons. The van der Waals surface area contributed by atoms with Gasteiger partial charge in [-0.05, 0) is 22.4 Å². The number of nitrogens with one attached hydrogen (secondary N) is 1. The number of carbonyl (C=O) groups excluding carboxylic acids is 1. The summed E-state index contributed by atoms with van der Waals surface area (Å²) in [6, 6.07) is 1.78. The fraction of sp³-hybridized carbons (Fsp3) is 0.556. The Morgan fingerprint density at radius 3 is 2.93 bits per heavy atom. The molecule has 0 aliphatic heterocycles. The molecule has 0 unspecified atom stereocenters. The Balaban J connectivity index is 2.56. The molecule has 0 fully saturated rings. The van der Waals surface area contributed by atoms with Crippen molar-refractivity contribution < 1.29 is 4.79 Å². The van der Waals surface area contributed by atoms with Crippen LogP contribution < -0.4 is 4.90 Å². The van der Waals surface area contributed by atoms with E-state index in [1.165, 1.54) is 0 Å². The Morgan fingerprint density at radius 1 is 1.71 bits per heavy atom. The van der Waals surface area contributed by atoms with E-state index in [2.05, 4.69) is 33.1 Å². The summed E-state index contributed by atoms with van der Waals surface area (Å²) in [6.45, 7) is 2.07. The molecule has 1 rings (SSSR count). The fourth-order valence-corrected chi connectivity index (χ4v) is 1.40. The van der Waals surface area contributed by atoms with Crippen molar-refractivity contribution in [1.29, 1.82) is 0 Å². The molecule has 1 N–H and O–H groups in total. The van der Waals surface area contributed by atoms with Crippen molar-refractivity contribution in [3.05, 3.63) is 10.7 Å². The monoisotopic (exact) mass is 259 g/mol. The van der Waals surface area contributed by atoms with Crippen molar-refractivity contribution in [1.82, 2.24) is 10.2 Å². The molecule has 0 aromatic carbocycles. The lowest BCUT2D eigenvalue weighted by molar-refractivity contribution is -0.118. The molecule has 1 aromatic rings. The minimum absolute atomic E-state index is 0.114. The van der Waals surface area contributed by atoms with E-state index in [0.29, 0.717) is 11.0 Å². The smallest absolute Gasteiger partial charge is 0.227 e. The minimum atomic E-state index is 0.114. The summed E-state index contributed by atoms with van der Waals surface area (Å²) < 4.78 is 0.711. The molecule has 4 nitrogen and oxygen atoms in total. The van der Waals surface area contributed by atoms with Crippen LogP contribution >= 0.6 is 15.9 Å². The SMILES string of the molecule is CCCCC(=O)N(C)c1cc(Br)n[nH]1. The van der Waals surface area contributed by atoms with Crippen LogP contribution in [0.2, 0.25) is 0 Å². The highest BCUT2D eigenvalue weighted by atomic mass is 79.9. The lowest BCUT2D eigenvalue weighted by Gasteiger charge is -2.13. The molecule has 0 radical (unpaired) electrons. The molecular formula is C9H14BrN3O. The molecule has 0 atom stereocenters. The summed E-state index contributed by atoms with van der Waals surface area (Å²) in [6.07, 6.45) is 2.55. The van der Waals surface area contributed by atoms with E-state index in [-0.39, 0.29) is 5.91 Å². The maximum absolute atomic E-state index is 11.6. The van der Waals surface area contributed by atoms with Crippen LogP contribution in [0.25, 0.3) is 0 Å². The van der Waals surface area contributed by atoms with Crippen molar-refractivity contribution >= 4 is 27.7 Å². The number of aromatic amines is 1. The number of hydrogen-bond donors (Lipinski definition) is 1. The number of anilines is 1. The predicted molar refractivity (Wildman–Crippen MR) is 59.2 cm³/mol. The number of unbranched alkanes of at least 4 members (excludes halogenated alkanes) is 1. The second-order valence-electron chi connectivity index (χ2n) is 3.13. The summed E-state index contributed by atoms with van der Waals surface area (Å²) in [5.74, 6) is 0.834. The molecular weight excluding hydrogens is 246 g/mol. The fourth-order valence-electron chi connectivity index (χ4n) is 1.09. The van der Waals surface area contributed by atoms with Crippen LogP contribution in [0, 0.1) is 0 Å². The van der Waals surface area contributed by atoms with Gasteiger partial charge in [-0.2, -0.15) is 5.10 Å². The zero-order chi connectivity index (χ0) is 10.6. The number of aromatic nitrogens is 2. The summed E-state index contributed by atoms with van der Waals surface area (Å²) in [5.41, 5.74) is 0. The number of rotatable bonds is 4. The van der Waals surface area contributed by atoms with Crippen molar-refractivity contribution in [2.75, 3.05) is 11.9 Å². The second-order valence-corrected chi connectivity index (χ2v) is 3.94. The number of amides is 1. The second kappa shape index (κ2) is 5.14. The maximum atomic E-state index is 11.6. The Labute approximate surface area is 91.8 Å². The first-order valence-electron chi connectivity index (χ1n) is 4.62. The number of H-pyrrole nitrogens is 1. The summed E-state index contributed by atoms with van der Waals surface area (Å²) >= 11 is 3.22. The van der Waals surface area contributed by atoms with Crippen LogP contribution in [-0.2, 0) is 4.79 Å². The summed E-state index contributed by atoms with van der Waals surface area (Å²) in [4.78, 5) is 13.2. The van der Waals surface area contributed by atoms with Crippen molar-refractivity contribution in [3.63, 3.8) is 0 Å². The van der Waals surface area contributed by atoms with Gasteiger partial charge in [-0.3, -0.25) is 9.89 Å². The number of nitrogens with zero attached hydrogens (tertiary/aromatic N) is 2. The van der Waals surface area contributed by atoms with E-state index in [1.54, 1.807) is 18.0 Å². The Hall–Kier alpha value is -0.840. The van der Waals surface area contributed by atoms with E-state index in [0.717, 1.165) is 18.7 Å². The standard InChI is InChI=1S/C9H14BrN3O/c1-3-4-5-9(14)13(2)8-6-7(10)11-12-8/h6H,3-5H2,1-2H3,(H,11,12). The van der Waals surface area contributed by atoms with Gasteiger partial charge in [-0.15, -0.1) is 0 Å². The van der Waals surface area contributed by atoms with Crippen LogP contribution in [0.4, 0.5) is 5.82 Å². The van der Waals surface area contributed by atoms with Gasteiger partial charge in [-0.1, -0.05) is 13.3 Å². The Bertz CT molecular complexity index is 311. The molecule has 0 saturated carbocycles. The van der Waals surface area contributed by atoms with Gasteiger partial charge in [0.05, 0.1) is 0 Å². The maximum Gasteiger partial charge on any atom is 0.227 e. The number of carbonyl (C=O) groups is 1. The lowest BCUT2D eigenvalue weighted by atomic mass is 10.2. The quantitative estimate of drug-likeness (QED) is 0.903. The lowest BCUT2D eigenvalue weighted by Crippen LogP contribution is -2.26. The van der Waals surface area contributed by atoms with Gasteiger partial charge >= 0.3 is 0 Å².